The highest BCUT2D eigenvalue weighted by atomic mass is 28.3. The SMILES string of the molecule is C=C1C2CC3CC(C2)CC1(OCc1ccc(OC)c(C(C)(C)C)c1O[Si](C)C)C3. The lowest BCUT2D eigenvalue weighted by molar-refractivity contribution is -0.127. The summed E-state index contributed by atoms with van der Waals surface area (Å²) in [6, 6.07) is 4.22. The summed E-state index contributed by atoms with van der Waals surface area (Å²) in [4.78, 5) is 0. The summed E-state index contributed by atoms with van der Waals surface area (Å²) in [6.07, 6.45) is 6.39. The van der Waals surface area contributed by atoms with Crippen LogP contribution in [0.15, 0.2) is 24.3 Å². The molecule has 29 heavy (non-hydrogen) atoms. The van der Waals surface area contributed by atoms with Crippen LogP contribution >= 0.6 is 0 Å². The highest BCUT2D eigenvalue weighted by Crippen LogP contribution is 2.59. The minimum absolute atomic E-state index is 0.0711. The Kier molecular flexibility index (Phi) is 5.40. The molecule has 0 amide bonds. The van der Waals surface area contributed by atoms with Gasteiger partial charge < -0.3 is 13.9 Å². The molecule has 0 aromatic heterocycles. The lowest BCUT2D eigenvalue weighted by Gasteiger charge is -2.57. The fraction of sp³-hybridized carbons (Fsp3) is 0.680. The number of benzene rings is 1. The third-order valence-electron chi connectivity index (χ3n) is 7.20. The molecule has 4 aliphatic rings. The summed E-state index contributed by atoms with van der Waals surface area (Å²) >= 11 is 0. The second kappa shape index (κ2) is 7.46. The molecule has 2 unspecified atom stereocenters. The van der Waals surface area contributed by atoms with Gasteiger partial charge in [0.1, 0.15) is 11.5 Å². The smallest absolute Gasteiger partial charge is 0.274 e. The maximum absolute atomic E-state index is 6.79. The number of hydrogen-bond acceptors (Lipinski definition) is 3. The summed E-state index contributed by atoms with van der Waals surface area (Å²) < 4.78 is 19.0. The third kappa shape index (κ3) is 3.79. The first-order chi connectivity index (χ1) is 13.6. The standard InChI is InChI=1S/C25H37O3Si/c1-16-20-11-17-10-18(12-20)14-25(16,13-17)27-15-19-8-9-21(26-5)22(24(2,3)4)23(19)28-29(6)7/h8-9,17-18,20H,1,10-15H2,2-7H3. The predicted octanol–water partition coefficient (Wildman–Crippen LogP) is 6.27. The van der Waals surface area contributed by atoms with Crippen LogP contribution in [0.2, 0.25) is 13.1 Å². The zero-order valence-corrected chi connectivity index (χ0v) is 20.1. The number of methoxy groups -OCH3 is 1. The molecule has 1 aromatic carbocycles. The Morgan fingerprint density at radius 2 is 1.76 bits per heavy atom. The highest BCUT2D eigenvalue weighted by Gasteiger charge is 2.54. The van der Waals surface area contributed by atoms with Crippen LogP contribution in [0.5, 0.6) is 11.5 Å². The van der Waals surface area contributed by atoms with E-state index in [4.69, 9.17) is 13.9 Å². The number of ether oxygens (including phenoxy) is 2. The molecule has 4 bridgehead atoms. The Labute approximate surface area is 178 Å². The molecule has 1 aromatic rings. The normalized spacial score (nSPS) is 30.9. The minimum Gasteiger partial charge on any atom is -0.542 e. The van der Waals surface area contributed by atoms with Crippen molar-refractivity contribution in [1.29, 1.82) is 0 Å². The van der Waals surface area contributed by atoms with Gasteiger partial charge in [-0.2, -0.15) is 0 Å². The average Bonchev–Trinajstić information content (AvgIpc) is 2.62. The quantitative estimate of drug-likeness (QED) is 0.406. The molecule has 1 radical (unpaired) electrons. The topological polar surface area (TPSA) is 27.7 Å². The fourth-order valence-corrected chi connectivity index (χ4v) is 6.82. The summed E-state index contributed by atoms with van der Waals surface area (Å²) in [5, 5.41) is 0. The summed E-state index contributed by atoms with van der Waals surface area (Å²) in [5.41, 5.74) is 3.48. The highest BCUT2D eigenvalue weighted by molar-refractivity contribution is 6.49. The first kappa shape index (κ1) is 21.0. The van der Waals surface area contributed by atoms with Gasteiger partial charge >= 0.3 is 0 Å². The molecular weight excluding hydrogens is 376 g/mol. The van der Waals surface area contributed by atoms with Crippen molar-refractivity contribution in [3.05, 3.63) is 35.4 Å². The van der Waals surface area contributed by atoms with Crippen LogP contribution < -0.4 is 9.16 Å². The van der Waals surface area contributed by atoms with Crippen LogP contribution in [-0.4, -0.2) is 21.8 Å². The minimum atomic E-state index is -0.916. The number of hydrogen-bond donors (Lipinski definition) is 0. The zero-order chi connectivity index (χ0) is 21.0. The monoisotopic (exact) mass is 413 g/mol. The Bertz CT molecular complexity index is 778. The van der Waals surface area contributed by atoms with E-state index < -0.39 is 9.04 Å². The van der Waals surface area contributed by atoms with E-state index >= 15 is 0 Å². The van der Waals surface area contributed by atoms with Crippen molar-refractivity contribution < 1.29 is 13.9 Å². The first-order valence-electron chi connectivity index (χ1n) is 11.1. The fourth-order valence-electron chi connectivity index (χ4n) is 6.18. The van der Waals surface area contributed by atoms with E-state index in [2.05, 4.69) is 52.6 Å². The van der Waals surface area contributed by atoms with Crippen LogP contribution in [0, 0.1) is 17.8 Å². The van der Waals surface area contributed by atoms with E-state index in [1.54, 1.807) is 7.11 Å². The summed E-state index contributed by atoms with van der Waals surface area (Å²) in [5.74, 6) is 4.22. The first-order valence-corrected chi connectivity index (χ1v) is 13.6. The van der Waals surface area contributed by atoms with Crippen LogP contribution in [-0.2, 0) is 16.8 Å². The van der Waals surface area contributed by atoms with Crippen molar-refractivity contribution in [2.24, 2.45) is 17.8 Å². The van der Waals surface area contributed by atoms with Gasteiger partial charge in [0.25, 0.3) is 9.04 Å². The van der Waals surface area contributed by atoms with Crippen molar-refractivity contribution in [2.75, 3.05) is 7.11 Å². The molecule has 4 fully saturated rings. The van der Waals surface area contributed by atoms with Crippen molar-refractivity contribution in [3.8, 4) is 11.5 Å². The van der Waals surface area contributed by atoms with Crippen molar-refractivity contribution in [3.63, 3.8) is 0 Å². The van der Waals surface area contributed by atoms with Gasteiger partial charge in [-0.05, 0) is 86.1 Å². The molecule has 4 heteroatoms. The van der Waals surface area contributed by atoms with Crippen LogP contribution in [0.25, 0.3) is 0 Å². The number of rotatable bonds is 6. The zero-order valence-electron chi connectivity index (χ0n) is 19.1. The largest absolute Gasteiger partial charge is 0.542 e. The Morgan fingerprint density at radius 1 is 1.10 bits per heavy atom. The van der Waals surface area contributed by atoms with Gasteiger partial charge in [-0.3, -0.25) is 0 Å². The van der Waals surface area contributed by atoms with Gasteiger partial charge in [0.15, 0.2) is 0 Å². The second-order valence-corrected chi connectivity index (χ2v) is 12.8. The molecule has 0 saturated heterocycles. The van der Waals surface area contributed by atoms with Gasteiger partial charge in [0.2, 0.25) is 0 Å². The molecule has 0 heterocycles. The Morgan fingerprint density at radius 3 is 2.31 bits per heavy atom. The van der Waals surface area contributed by atoms with Crippen molar-refractivity contribution in [1.82, 2.24) is 0 Å². The van der Waals surface area contributed by atoms with E-state index in [-0.39, 0.29) is 11.0 Å². The maximum Gasteiger partial charge on any atom is 0.274 e. The molecule has 3 nitrogen and oxygen atoms in total. The lowest BCUT2D eigenvalue weighted by atomic mass is 9.52. The third-order valence-corrected chi connectivity index (χ3v) is 7.81. The molecule has 0 spiro atoms. The van der Waals surface area contributed by atoms with Gasteiger partial charge in [-0.15, -0.1) is 0 Å². The van der Waals surface area contributed by atoms with E-state index in [1.807, 2.05) is 0 Å². The maximum atomic E-state index is 6.79. The van der Waals surface area contributed by atoms with Crippen molar-refractivity contribution in [2.45, 2.75) is 83.6 Å². The molecule has 2 atom stereocenters. The molecule has 0 N–H and O–H groups in total. The van der Waals surface area contributed by atoms with Crippen LogP contribution in [0.3, 0.4) is 0 Å². The van der Waals surface area contributed by atoms with Gasteiger partial charge in [-0.25, -0.2) is 0 Å². The van der Waals surface area contributed by atoms with E-state index in [0.29, 0.717) is 12.5 Å². The van der Waals surface area contributed by atoms with E-state index in [1.165, 1.54) is 24.8 Å². The molecule has 0 aliphatic heterocycles. The predicted molar refractivity (Wildman–Crippen MR) is 120 cm³/mol. The molecule has 4 aliphatic carbocycles. The summed E-state index contributed by atoms with van der Waals surface area (Å²) in [7, 11) is 0.827. The average molecular weight is 414 g/mol. The van der Waals surface area contributed by atoms with Gasteiger partial charge in [0.05, 0.1) is 19.3 Å². The van der Waals surface area contributed by atoms with E-state index in [0.717, 1.165) is 47.3 Å². The van der Waals surface area contributed by atoms with Crippen molar-refractivity contribution >= 4 is 9.04 Å². The molecule has 4 saturated carbocycles. The summed E-state index contributed by atoms with van der Waals surface area (Å²) in [6.45, 7) is 16.1. The van der Waals surface area contributed by atoms with Gasteiger partial charge in [-0.1, -0.05) is 27.4 Å². The second-order valence-electron chi connectivity index (χ2n) is 10.7. The Balaban J connectivity index is 1.66. The molecule has 5 rings (SSSR count). The lowest BCUT2D eigenvalue weighted by Crippen LogP contribution is -2.53. The molecular formula is C25H37O3Si. The van der Waals surface area contributed by atoms with E-state index in [9.17, 15) is 0 Å². The van der Waals surface area contributed by atoms with Gasteiger partial charge in [0, 0.05) is 11.1 Å². The Hall–Kier alpha value is -1.26. The van der Waals surface area contributed by atoms with Crippen LogP contribution in [0.4, 0.5) is 0 Å². The molecule has 159 valence electrons. The van der Waals surface area contributed by atoms with Crippen LogP contribution in [0.1, 0.15) is 64.0 Å².